The lowest BCUT2D eigenvalue weighted by Crippen LogP contribution is -2.08. The molecule has 0 unspecified atom stereocenters. The van der Waals surface area contributed by atoms with Crippen molar-refractivity contribution in [2.75, 3.05) is 12.3 Å². The molecule has 0 radical (unpaired) electrons. The minimum atomic E-state index is 0.426. The molecule has 0 aliphatic carbocycles. The highest BCUT2D eigenvalue weighted by molar-refractivity contribution is 5.21. The number of hydrogen-bond acceptors (Lipinski definition) is 4. The van der Waals surface area contributed by atoms with Gasteiger partial charge in [-0.2, -0.15) is 0 Å². The molecule has 5 heteroatoms. The average molecular weight is 204 g/mol. The highest BCUT2D eigenvalue weighted by atomic mass is 16.5. The number of rotatable bonds is 4. The molecular weight excluding hydrogens is 192 g/mol. The zero-order valence-electron chi connectivity index (χ0n) is 8.21. The molecule has 2 rings (SSSR count). The SMILES string of the molecule is Nc1cn(CCOc2ccccc2)nn1. The second-order valence-electron chi connectivity index (χ2n) is 3.07. The normalized spacial score (nSPS) is 10.1. The van der Waals surface area contributed by atoms with Gasteiger partial charge in [-0.05, 0) is 12.1 Å². The molecule has 0 saturated carbocycles. The van der Waals surface area contributed by atoms with Crippen LogP contribution in [0.15, 0.2) is 36.5 Å². The van der Waals surface area contributed by atoms with Gasteiger partial charge in [0.2, 0.25) is 0 Å². The van der Waals surface area contributed by atoms with Gasteiger partial charge in [0.1, 0.15) is 12.4 Å². The maximum Gasteiger partial charge on any atom is 0.165 e. The van der Waals surface area contributed by atoms with Crippen molar-refractivity contribution < 1.29 is 4.74 Å². The van der Waals surface area contributed by atoms with Gasteiger partial charge < -0.3 is 10.5 Å². The summed E-state index contributed by atoms with van der Waals surface area (Å²) in [6.07, 6.45) is 1.67. The lowest BCUT2D eigenvalue weighted by Gasteiger charge is -2.04. The fourth-order valence-corrected chi connectivity index (χ4v) is 1.20. The van der Waals surface area contributed by atoms with Crippen LogP contribution >= 0.6 is 0 Å². The van der Waals surface area contributed by atoms with Gasteiger partial charge in [0.25, 0.3) is 0 Å². The van der Waals surface area contributed by atoms with Crippen LogP contribution in [-0.2, 0) is 6.54 Å². The summed E-state index contributed by atoms with van der Waals surface area (Å²) in [6, 6.07) is 9.64. The van der Waals surface area contributed by atoms with E-state index in [1.165, 1.54) is 0 Å². The van der Waals surface area contributed by atoms with E-state index in [1.807, 2.05) is 30.3 Å². The molecule has 1 heterocycles. The molecule has 0 amide bonds. The summed E-state index contributed by atoms with van der Waals surface area (Å²) in [4.78, 5) is 0. The molecule has 15 heavy (non-hydrogen) atoms. The topological polar surface area (TPSA) is 66.0 Å². The van der Waals surface area contributed by atoms with Crippen molar-refractivity contribution in [2.24, 2.45) is 0 Å². The molecule has 2 N–H and O–H groups in total. The zero-order chi connectivity index (χ0) is 10.5. The van der Waals surface area contributed by atoms with E-state index in [2.05, 4.69) is 10.3 Å². The molecule has 0 aliphatic rings. The summed E-state index contributed by atoms with van der Waals surface area (Å²) in [5.74, 6) is 1.28. The number of benzene rings is 1. The van der Waals surface area contributed by atoms with Crippen molar-refractivity contribution in [3.05, 3.63) is 36.5 Å². The number of aromatic nitrogens is 3. The maximum atomic E-state index is 5.49. The molecule has 0 bridgehead atoms. The Labute approximate surface area is 87.5 Å². The quantitative estimate of drug-likeness (QED) is 0.804. The van der Waals surface area contributed by atoms with Crippen LogP contribution in [0.25, 0.3) is 0 Å². The molecule has 0 saturated heterocycles. The van der Waals surface area contributed by atoms with Gasteiger partial charge in [-0.25, -0.2) is 4.68 Å². The molecule has 78 valence electrons. The number of nitrogen functional groups attached to an aromatic ring is 1. The predicted octanol–water partition coefficient (Wildman–Crippen LogP) is 0.939. The number of nitrogens with zero attached hydrogens (tertiary/aromatic N) is 3. The minimum absolute atomic E-state index is 0.426. The summed E-state index contributed by atoms with van der Waals surface area (Å²) in [7, 11) is 0. The van der Waals surface area contributed by atoms with Gasteiger partial charge >= 0.3 is 0 Å². The van der Waals surface area contributed by atoms with E-state index in [1.54, 1.807) is 10.9 Å². The largest absolute Gasteiger partial charge is 0.492 e. The Morgan fingerprint density at radius 2 is 2.07 bits per heavy atom. The Morgan fingerprint density at radius 3 is 2.73 bits per heavy atom. The fourth-order valence-electron chi connectivity index (χ4n) is 1.20. The van der Waals surface area contributed by atoms with Crippen LogP contribution in [0.1, 0.15) is 0 Å². The van der Waals surface area contributed by atoms with Gasteiger partial charge in [0.05, 0.1) is 12.7 Å². The van der Waals surface area contributed by atoms with Gasteiger partial charge in [-0.3, -0.25) is 0 Å². The molecule has 1 aromatic heterocycles. The molecule has 2 aromatic rings. The van der Waals surface area contributed by atoms with Crippen molar-refractivity contribution in [3.63, 3.8) is 0 Å². The summed E-state index contributed by atoms with van der Waals surface area (Å²) in [5.41, 5.74) is 5.43. The third kappa shape index (κ3) is 2.70. The molecule has 0 atom stereocenters. The van der Waals surface area contributed by atoms with E-state index in [4.69, 9.17) is 10.5 Å². The number of anilines is 1. The van der Waals surface area contributed by atoms with Crippen LogP contribution in [0.2, 0.25) is 0 Å². The van der Waals surface area contributed by atoms with Crippen molar-refractivity contribution in [3.8, 4) is 5.75 Å². The van der Waals surface area contributed by atoms with Crippen LogP contribution in [-0.4, -0.2) is 21.6 Å². The predicted molar refractivity (Wildman–Crippen MR) is 56.4 cm³/mol. The van der Waals surface area contributed by atoms with Crippen molar-refractivity contribution in [1.29, 1.82) is 0 Å². The van der Waals surface area contributed by atoms with E-state index < -0.39 is 0 Å². The number of para-hydroxylation sites is 1. The van der Waals surface area contributed by atoms with Crippen molar-refractivity contribution in [2.45, 2.75) is 6.54 Å². The summed E-state index contributed by atoms with van der Waals surface area (Å²) < 4.78 is 7.14. The molecule has 5 nitrogen and oxygen atoms in total. The van der Waals surface area contributed by atoms with Crippen LogP contribution < -0.4 is 10.5 Å². The first-order chi connectivity index (χ1) is 7.34. The Morgan fingerprint density at radius 1 is 1.27 bits per heavy atom. The van der Waals surface area contributed by atoms with Crippen LogP contribution in [0.5, 0.6) is 5.75 Å². The molecule has 0 fully saturated rings. The third-order valence-corrected chi connectivity index (χ3v) is 1.89. The third-order valence-electron chi connectivity index (χ3n) is 1.89. The Bertz CT molecular complexity index is 412. The molecule has 1 aromatic carbocycles. The van der Waals surface area contributed by atoms with E-state index >= 15 is 0 Å². The van der Waals surface area contributed by atoms with E-state index in [9.17, 15) is 0 Å². The molecule has 0 spiro atoms. The van der Waals surface area contributed by atoms with E-state index in [0.29, 0.717) is 19.0 Å². The summed E-state index contributed by atoms with van der Waals surface area (Å²) >= 11 is 0. The fraction of sp³-hybridized carbons (Fsp3) is 0.200. The van der Waals surface area contributed by atoms with Gasteiger partial charge in [0.15, 0.2) is 5.82 Å². The van der Waals surface area contributed by atoms with Crippen LogP contribution in [0, 0.1) is 0 Å². The zero-order valence-corrected chi connectivity index (χ0v) is 8.21. The standard InChI is InChI=1S/C10H12N4O/c11-10-8-14(13-12-10)6-7-15-9-4-2-1-3-5-9/h1-5,8H,6-7,11H2. The van der Waals surface area contributed by atoms with Crippen molar-refractivity contribution in [1.82, 2.24) is 15.0 Å². The van der Waals surface area contributed by atoms with Gasteiger partial charge in [-0.15, -0.1) is 5.10 Å². The Balaban J connectivity index is 1.80. The monoisotopic (exact) mass is 204 g/mol. The molecular formula is C10H12N4O. The number of ether oxygens (including phenoxy) is 1. The van der Waals surface area contributed by atoms with Crippen LogP contribution in [0.3, 0.4) is 0 Å². The van der Waals surface area contributed by atoms with Crippen molar-refractivity contribution >= 4 is 5.82 Å². The first-order valence-electron chi connectivity index (χ1n) is 4.68. The lowest BCUT2D eigenvalue weighted by atomic mass is 10.3. The van der Waals surface area contributed by atoms with E-state index in [0.717, 1.165) is 5.75 Å². The first kappa shape index (κ1) is 9.51. The summed E-state index contributed by atoms with van der Waals surface area (Å²) in [5, 5.41) is 7.49. The number of nitrogens with two attached hydrogens (primary N) is 1. The average Bonchev–Trinajstić information content (AvgIpc) is 2.66. The van der Waals surface area contributed by atoms with Gasteiger partial charge in [0, 0.05) is 0 Å². The highest BCUT2D eigenvalue weighted by Crippen LogP contribution is 2.07. The smallest absolute Gasteiger partial charge is 0.165 e. The molecule has 0 aliphatic heterocycles. The number of hydrogen-bond donors (Lipinski definition) is 1. The Hall–Kier alpha value is -2.04. The first-order valence-corrected chi connectivity index (χ1v) is 4.68. The minimum Gasteiger partial charge on any atom is -0.492 e. The highest BCUT2D eigenvalue weighted by Gasteiger charge is 1.96. The summed E-state index contributed by atoms with van der Waals surface area (Å²) in [6.45, 7) is 1.19. The maximum absolute atomic E-state index is 5.49. The second kappa shape index (κ2) is 4.45. The van der Waals surface area contributed by atoms with E-state index in [-0.39, 0.29) is 0 Å². The Kier molecular flexibility index (Phi) is 2.82. The second-order valence-corrected chi connectivity index (χ2v) is 3.07. The van der Waals surface area contributed by atoms with Gasteiger partial charge in [-0.1, -0.05) is 23.4 Å². The lowest BCUT2D eigenvalue weighted by molar-refractivity contribution is 0.289. The van der Waals surface area contributed by atoms with Crippen LogP contribution in [0.4, 0.5) is 5.82 Å².